The predicted molar refractivity (Wildman–Crippen MR) is 111 cm³/mol. The number of ether oxygens (including phenoxy) is 1. The van der Waals surface area contributed by atoms with Crippen molar-refractivity contribution in [3.8, 4) is 17.1 Å². The van der Waals surface area contributed by atoms with Crippen LogP contribution < -0.4 is 4.74 Å². The molecule has 0 saturated heterocycles. The Hall–Kier alpha value is -2.65. The van der Waals surface area contributed by atoms with Crippen LogP contribution in [0.15, 0.2) is 57.4 Å². The number of benzene rings is 2. The van der Waals surface area contributed by atoms with Gasteiger partial charge < -0.3 is 13.6 Å². The predicted octanol–water partition coefficient (Wildman–Crippen LogP) is 6.92. The highest BCUT2D eigenvalue weighted by molar-refractivity contribution is 6.31. The van der Waals surface area contributed by atoms with Crippen molar-refractivity contribution in [3.05, 3.63) is 76.2 Å². The molecule has 0 radical (unpaired) electrons. The SMILES string of the molecule is COc1ccc(C2(C)CCc3oc4ccc(Cl)cc4c3-c3oc(C)cc32)cc1. The third-order valence-electron chi connectivity index (χ3n) is 5.98. The minimum Gasteiger partial charge on any atom is -0.497 e. The Balaban J connectivity index is 1.76. The average Bonchev–Trinajstić information content (AvgIpc) is 3.23. The molecular weight excluding hydrogens is 372 g/mol. The van der Waals surface area contributed by atoms with Crippen molar-refractivity contribution in [1.29, 1.82) is 0 Å². The van der Waals surface area contributed by atoms with Crippen molar-refractivity contribution >= 4 is 22.6 Å². The van der Waals surface area contributed by atoms with Crippen LogP contribution in [0.4, 0.5) is 0 Å². The second kappa shape index (κ2) is 6.18. The van der Waals surface area contributed by atoms with Gasteiger partial charge in [-0.25, -0.2) is 0 Å². The topological polar surface area (TPSA) is 35.5 Å². The molecule has 1 unspecified atom stereocenters. The van der Waals surface area contributed by atoms with Gasteiger partial charge in [0.1, 0.15) is 28.6 Å². The summed E-state index contributed by atoms with van der Waals surface area (Å²) in [6.07, 6.45) is 1.75. The molecule has 0 amide bonds. The van der Waals surface area contributed by atoms with Crippen LogP contribution in [0, 0.1) is 6.92 Å². The highest BCUT2D eigenvalue weighted by atomic mass is 35.5. The zero-order chi connectivity index (χ0) is 19.5. The molecule has 0 N–H and O–H groups in total. The maximum atomic E-state index is 6.29. The first kappa shape index (κ1) is 17.4. The summed E-state index contributed by atoms with van der Waals surface area (Å²) in [6, 6.07) is 16.3. The molecule has 0 saturated carbocycles. The molecule has 5 rings (SSSR count). The summed E-state index contributed by atoms with van der Waals surface area (Å²) in [5, 5.41) is 1.71. The number of hydrogen-bond donors (Lipinski definition) is 0. The van der Waals surface area contributed by atoms with E-state index in [1.807, 2.05) is 37.3 Å². The Morgan fingerprint density at radius 1 is 1.04 bits per heavy atom. The molecule has 0 bridgehead atoms. The molecule has 4 aromatic rings. The average molecular weight is 393 g/mol. The van der Waals surface area contributed by atoms with E-state index in [4.69, 9.17) is 25.2 Å². The van der Waals surface area contributed by atoms with E-state index in [2.05, 4.69) is 25.1 Å². The lowest BCUT2D eigenvalue weighted by molar-refractivity contribution is 0.413. The van der Waals surface area contributed by atoms with Gasteiger partial charge in [-0.1, -0.05) is 30.7 Å². The van der Waals surface area contributed by atoms with E-state index in [-0.39, 0.29) is 5.41 Å². The van der Waals surface area contributed by atoms with Gasteiger partial charge in [0.05, 0.1) is 12.7 Å². The number of methoxy groups -OCH3 is 1. The van der Waals surface area contributed by atoms with E-state index in [1.165, 1.54) is 11.1 Å². The quantitative estimate of drug-likeness (QED) is 0.371. The molecule has 3 nitrogen and oxygen atoms in total. The minimum absolute atomic E-state index is 0.189. The molecule has 2 aromatic carbocycles. The Morgan fingerprint density at radius 2 is 1.82 bits per heavy atom. The van der Waals surface area contributed by atoms with E-state index >= 15 is 0 Å². The highest BCUT2D eigenvalue weighted by Crippen LogP contribution is 2.50. The molecule has 2 aromatic heterocycles. The molecule has 4 heteroatoms. The number of rotatable bonds is 2. The first-order chi connectivity index (χ1) is 13.5. The number of furan rings is 2. The summed E-state index contributed by atoms with van der Waals surface area (Å²) in [5.41, 5.74) is 4.13. The molecule has 0 spiro atoms. The third kappa shape index (κ3) is 2.50. The van der Waals surface area contributed by atoms with E-state index < -0.39 is 0 Å². The number of hydrogen-bond acceptors (Lipinski definition) is 3. The fourth-order valence-electron chi connectivity index (χ4n) is 4.41. The lowest BCUT2D eigenvalue weighted by Crippen LogP contribution is -2.23. The van der Waals surface area contributed by atoms with Crippen LogP contribution in [0.25, 0.3) is 22.3 Å². The van der Waals surface area contributed by atoms with Gasteiger partial charge in [0, 0.05) is 27.8 Å². The van der Waals surface area contributed by atoms with Gasteiger partial charge in [-0.2, -0.15) is 0 Å². The van der Waals surface area contributed by atoms with Gasteiger partial charge in [0.2, 0.25) is 0 Å². The van der Waals surface area contributed by atoms with Crippen LogP contribution in [0.1, 0.15) is 36.0 Å². The summed E-state index contributed by atoms with van der Waals surface area (Å²) in [7, 11) is 1.69. The molecular formula is C24H21ClO3. The van der Waals surface area contributed by atoms with Crippen LogP contribution in [0.3, 0.4) is 0 Å². The Bertz CT molecular complexity index is 1180. The fraction of sp³-hybridized carbons (Fsp3) is 0.250. The van der Waals surface area contributed by atoms with E-state index in [0.29, 0.717) is 5.02 Å². The zero-order valence-electron chi connectivity index (χ0n) is 16.1. The molecule has 0 aliphatic heterocycles. The van der Waals surface area contributed by atoms with Gasteiger partial charge >= 0.3 is 0 Å². The second-order valence-electron chi connectivity index (χ2n) is 7.70. The molecule has 142 valence electrons. The monoisotopic (exact) mass is 392 g/mol. The van der Waals surface area contributed by atoms with Gasteiger partial charge in [-0.3, -0.25) is 0 Å². The number of aryl methyl sites for hydroxylation is 2. The lowest BCUT2D eigenvalue weighted by Gasteiger charge is -2.29. The summed E-state index contributed by atoms with van der Waals surface area (Å²) >= 11 is 6.29. The summed E-state index contributed by atoms with van der Waals surface area (Å²) in [5.74, 6) is 3.61. The molecule has 28 heavy (non-hydrogen) atoms. The zero-order valence-corrected chi connectivity index (χ0v) is 16.9. The van der Waals surface area contributed by atoms with E-state index in [9.17, 15) is 0 Å². The third-order valence-corrected chi connectivity index (χ3v) is 6.21. The number of fused-ring (bicyclic) bond motifs is 5. The van der Waals surface area contributed by atoms with Crippen LogP contribution >= 0.6 is 11.6 Å². The maximum Gasteiger partial charge on any atom is 0.142 e. The summed E-state index contributed by atoms with van der Waals surface area (Å²) in [4.78, 5) is 0. The number of halogens is 1. The molecule has 1 aliphatic rings. The molecule has 0 fully saturated rings. The van der Waals surface area contributed by atoms with Crippen LogP contribution in [0.2, 0.25) is 5.02 Å². The smallest absolute Gasteiger partial charge is 0.142 e. The first-order valence-electron chi connectivity index (χ1n) is 9.46. The van der Waals surface area contributed by atoms with E-state index in [0.717, 1.165) is 52.4 Å². The molecule has 1 aliphatic carbocycles. The second-order valence-corrected chi connectivity index (χ2v) is 8.14. The normalized spacial score (nSPS) is 18.6. The van der Waals surface area contributed by atoms with Gasteiger partial charge in [-0.15, -0.1) is 0 Å². The van der Waals surface area contributed by atoms with Crippen molar-refractivity contribution in [1.82, 2.24) is 0 Å². The van der Waals surface area contributed by atoms with Crippen molar-refractivity contribution in [2.24, 2.45) is 0 Å². The van der Waals surface area contributed by atoms with Gasteiger partial charge in [0.25, 0.3) is 0 Å². The Labute approximate surface area is 168 Å². The van der Waals surface area contributed by atoms with Gasteiger partial charge in [-0.05, 0) is 55.3 Å². The van der Waals surface area contributed by atoms with E-state index in [1.54, 1.807) is 7.11 Å². The van der Waals surface area contributed by atoms with Crippen molar-refractivity contribution < 1.29 is 13.6 Å². The van der Waals surface area contributed by atoms with Crippen LogP contribution in [-0.4, -0.2) is 7.11 Å². The largest absolute Gasteiger partial charge is 0.497 e. The maximum absolute atomic E-state index is 6.29. The van der Waals surface area contributed by atoms with Crippen LogP contribution in [0.5, 0.6) is 5.75 Å². The van der Waals surface area contributed by atoms with Crippen LogP contribution in [-0.2, 0) is 11.8 Å². The lowest BCUT2D eigenvalue weighted by atomic mass is 9.73. The fourth-order valence-corrected chi connectivity index (χ4v) is 4.58. The van der Waals surface area contributed by atoms with Gasteiger partial charge in [0.15, 0.2) is 0 Å². The highest BCUT2D eigenvalue weighted by Gasteiger charge is 2.38. The first-order valence-corrected chi connectivity index (χ1v) is 9.84. The molecule has 1 atom stereocenters. The minimum atomic E-state index is -0.189. The summed E-state index contributed by atoms with van der Waals surface area (Å²) in [6.45, 7) is 4.28. The summed E-state index contributed by atoms with van der Waals surface area (Å²) < 4.78 is 17.8. The van der Waals surface area contributed by atoms with Crippen molar-refractivity contribution in [3.63, 3.8) is 0 Å². The van der Waals surface area contributed by atoms with Crippen molar-refractivity contribution in [2.75, 3.05) is 7.11 Å². The van der Waals surface area contributed by atoms with Crippen molar-refractivity contribution in [2.45, 2.75) is 32.1 Å². The Kier molecular flexibility index (Phi) is 3.85. The molecule has 2 heterocycles. The Morgan fingerprint density at radius 3 is 2.57 bits per heavy atom. The standard InChI is InChI=1S/C24H21ClO3/c1-14-12-19-23(27-14)22-18-13-16(25)6-9-20(18)28-21(22)10-11-24(19,2)15-4-7-17(26-3)8-5-15/h4-9,12-13H,10-11H2,1-3H3.